The zero-order valence-corrected chi connectivity index (χ0v) is 56.1. The number of carboxylic acid groups (broad SMARTS) is 1. The molecular formula is C75H138NO8+. The third-order valence-corrected chi connectivity index (χ3v) is 16.0. The second kappa shape index (κ2) is 66.0. The van der Waals surface area contributed by atoms with Gasteiger partial charge in [-0.3, -0.25) is 9.59 Å². The topological polar surface area (TPSA) is 108 Å². The molecule has 0 aromatic rings. The third-order valence-electron chi connectivity index (χ3n) is 16.0. The van der Waals surface area contributed by atoms with Crippen LogP contribution in [-0.2, 0) is 33.3 Å². The molecule has 0 bridgehead atoms. The summed E-state index contributed by atoms with van der Waals surface area (Å²) in [4.78, 5) is 37.6. The number of allylic oxidation sites excluding steroid dienone is 10. The molecular weight excluding hydrogens is 1040 g/mol. The maximum atomic E-state index is 13.0. The number of hydrogen-bond donors (Lipinski definition) is 1. The van der Waals surface area contributed by atoms with Crippen molar-refractivity contribution in [2.45, 2.75) is 354 Å². The molecule has 0 heterocycles. The number of aliphatic carboxylic acids is 1. The zero-order valence-electron chi connectivity index (χ0n) is 56.1. The Morgan fingerprint density at radius 2 is 0.679 bits per heavy atom. The summed E-state index contributed by atoms with van der Waals surface area (Å²) in [5.74, 6) is -1.98. The number of rotatable bonds is 67. The lowest BCUT2D eigenvalue weighted by molar-refractivity contribution is -0.870. The number of likely N-dealkylation sites (N-methyl/N-ethyl adjacent to an activating group) is 1. The molecule has 0 aromatic heterocycles. The van der Waals surface area contributed by atoms with Crippen molar-refractivity contribution in [2.75, 3.05) is 47.5 Å². The lowest BCUT2D eigenvalue weighted by atomic mass is 10.0. The first kappa shape index (κ1) is 81.0. The Hall–Kier alpha value is -3.01. The van der Waals surface area contributed by atoms with Crippen LogP contribution in [0.2, 0.25) is 0 Å². The predicted octanol–water partition coefficient (Wildman–Crippen LogP) is 22.3. The van der Waals surface area contributed by atoms with Gasteiger partial charge in [0, 0.05) is 12.8 Å². The molecule has 0 aliphatic carbocycles. The highest BCUT2D eigenvalue weighted by Gasteiger charge is 2.25. The number of carbonyl (C=O) groups is 3. The number of ether oxygens (including phenoxy) is 4. The van der Waals surface area contributed by atoms with Gasteiger partial charge >= 0.3 is 17.9 Å². The van der Waals surface area contributed by atoms with Crippen LogP contribution in [0.3, 0.4) is 0 Å². The van der Waals surface area contributed by atoms with Crippen molar-refractivity contribution in [1.82, 2.24) is 0 Å². The van der Waals surface area contributed by atoms with Crippen LogP contribution in [0.5, 0.6) is 0 Å². The quantitative estimate of drug-likeness (QED) is 0.0211. The molecule has 490 valence electrons. The Bertz CT molecular complexity index is 1560. The fourth-order valence-corrected chi connectivity index (χ4v) is 10.6. The fraction of sp³-hybridized carbons (Fsp3) is 0.827. The highest BCUT2D eigenvalue weighted by atomic mass is 16.7. The Labute approximate surface area is 520 Å². The number of quaternary nitrogens is 1. The minimum absolute atomic E-state index is 0.177. The molecule has 2 unspecified atom stereocenters. The zero-order chi connectivity index (χ0) is 61.2. The van der Waals surface area contributed by atoms with E-state index >= 15 is 0 Å². The molecule has 2 atom stereocenters. The minimum atomic E-state index is -1.51. The smallest absolute Gasteiger partial charge is 0.361 e. The molecule has 1 N–H and O–H groups in total. The lowest BCUT2D eigenvalue weighted by Gasteiger charge is -2.25. The summed E-state index contributed by atoms with van der Waals surface area (Å²) in [6, 6.07) is 0. The molecule has 0 aliphatic heterocycles. The molecule has 0 aliphatic rings. The summed E-state index contributed by atoms with van der Waals surface area (Å²) >= 11 is 0. The Kier molecular flexibility index (Phi) is 63.6. The molecule has 0 aromatic carbocycles. The molecule has 0 saturated carbocycles. The van der Waals surface area contributed by atoms with Gasteiger partial charge in [0.1, 0.15) is 13.2 Å². The highest BCUT2D eigenvalue weighted by molar-refractivity contribution is 5.71. The number of carbonyl (C=O) groups excluding carboxylic acids is 2. The van der Waals surface area contributed by atoms with E-state index < -0.39 is 18.4 Å². The van der Waals surface area contributed by atoms with E-state index in [9.17, 15) is 19.5 Å². The predicted molar refractivity (Wildman–Crippen MR) is 360 cm³/mol. The van der Waals surface area contributed by atoms with Gasteiger partial charge in [0.15, 0.2) is 6.10 Å². The van der Waals surface area contributed by atoms with E-state index in [0.29, 0.717) is 17.4 Å². The maximum absolute atomic E-state index is 13.0. The summed E-state index contributed by atoms with van der Waals surface area (Å²) in [7, 11) is 5.99. The van der Waals surface area contributed by atoms with E-state index in [1.165, 1.54) is 244 Å². The Morgan fingerprint density at radius 1 is 0.369 bits per heavy atom. The van der Waals surface area contributed by atoms with Crippen LogP contribution in [-0.4, -0.2) is 87.4 Å². The molecule has 0 rings (SSSR count). The molecule has 9 nitrogen and oxygen atoms in total. The fourth-order valence-electron chi connectivity index (χ4n) is 10.6. The molecule has 0 radical (unpaired) electrons. The first-order chi connectivity index (χ1) is 41.1. The second-order valence-electron chi connectivity index (χ2n) is 25.5. The van der Waals surface area contributed by atoms with Crippen molar-refractivity contribution in [3.8, 4) is 0 Å². The summed E-state index contributed by atoms with van der Waals surface area (Å²) in [6.07, 6.45) is 83.4. The number of carboxylic acids is 1. The van der Waals surface area contributed by atoms with Gasteiger partial charge < -0.3 is 28.5 Å². The second-order valence-corrected chi connectivity index (χ2v) is 25.5. The van der Waals surface area contributed by atoms with Crippen molar-refractivity contribution in [3.63, 3.8) is 0 Å². The SMILES string of the molecule is CC/C=C\C/C=C\C/C=C\C/C=C\C/C=C\CCCCCCCCCCCCCCCCCCCCCC(=O)OC(COC(=O)CCCCCCCCCCCCCCCCCCCCCCCCCC)COC(OCC[N+](C)(C)C)C(=O)O. The van der Waals surface area contributed by atoms with E-state index in [2.05, 4.69) is 74.6 Å². The maximum Gasteiger partial charge on any atom is 0.361 e. The van der Waals surface area contributed by atoms with E-state index in [1.807, 2.05) is 21.1 Å². The largest absolute Gasteiger partial charge is 0.477 e. The lowest BCUT2D eigenvalue weighted by Crippen LogP contribution is -2.40. The van der Waals surface area contributed by atoms with Gasteiger partial charge in [-0.25, -0.2) is 4.79 Å². The summed E-state index contributed by atoms with van der Waals surface area (Å²) in [5, 5.41) is 9.75. The van der Waals surface area contributed by atoms with Crippen molar-refractivity contribution < 1.29 is 42.9 Å². The van der Waals surface area contributed by atoms with Crippen LogP contribution in [0.15, 0.2) is 60.8 Å². The van der Waals surface area contributed by atoms with E-state index in [1.54, 1.807) is 0 Å². The minimum Gasteiger partial charge on any atom is -0.477 e. The molecule has 0 spiro atoms. The van der Waals surface area contributed by atoms with Gasteiger partial charge in [0.05, 0.1) is 34.4 Å². The number of unbranched alkanes of at least 4 members (excludes halogenated alkanes) is 42. The number of hydrogen-bond acceptors (Lipinski definition) is 7. The summed E-state index contributed by atoms with van der Waals surface area (Å²) in [6.45, 7) is 4.83. The van der Waals surface area contributed by atoms with Crippen molar-refractivity contribution in [3.05, 3.63) is 60.8 Å². The normalized spacial score (nSPS) is 13.0. The molecule has 84 heavy (non-hydrogen) atoms. The van der Waals surface area contributed by atoms with Gasteiger partial charge in [0.2, 0.25) is 0 Å². The van der Waals surface area contributed by atoms with Crippen LogP contribution in [0, 0.1) is 0 Å². The van der Waals surface area contributed by atoms with Gasteiger partial charge in [-0.05, 0) is 57.8 Å². The van der Waals surface area contributed by atoms with Crippen LogP contribution in [0.25, 0.3) is 0 Å². The van der Waals surface area contributed by atoms with Gasteiger partial charge in [-0.1, -0.05) is 331 Å². The molecule has 0 amide bonds. The summed E-state index contributed by atoms with van der Waals surface area (Å²) in [5.41, 5.74) is 0. The number of esters is 2. The van der Waals surface area contributed by atoms with Gasteiger partial charge in [0.25, 0.3) is 6.29 Å². The van der Waals surface area contributed by atoms with Crippen LogP contribution < -0.4 is 0 Å². The van der Waals surface area contributed by atoms with Gasteiger partial charge in [-0.2, -0.15) is 0 Å². The Morgan fingerprint density at radius 3 is 1.01 bits per heavy atom. The van der Waals surface area contributed by atoms with Crippen molar-refractivity contribution in [2.24, 2.45) is 0 Å². The van der Waals surface area contributed by atoms with Crippen LogP contribution >= 0.6 is 0 Å². The summed E-state index contributed by atoms with van der Waals surface area (Å²) < 4.78 is 23.0. The van der Waals surface area contributed by atoms with E-state index in [-0.39, 0.29) is 38.2 Å². The van der Waals surface area contributed by atoms with Crippen LogP contribution in [0.4, 0.5) is 0 Å². The van der Waals surface area contributed by atoms with Gasteiger partial charge in [-0.15, -0.1) is 0 Å². The first-order valence-electron chi connectivity index (χ1n) is 36.0. The standard InChI is InChI=1S/C75H137NO8/c1-6-8-10-12-14-16-18-20-22-24-26-28-30-32-33-34-35-36-37-38-39-40-41-42-44-46-48-50-52-54-56-58-60-62-64-66-73(78)84-71(70-83-75(74(79)80)81-68-67-76(3,4)5)69-82-72(77)65-63-61-59-57-55-53-51-49-47-45-43-31-29-27-25-23-21-19-17-15-13-11-9-7-2/h8,10,14,16,20,22,26,28,32-33,71,75H,6-7,9,11-13,15,17-19,21,23-25,27,29-31,34-70H2,1-5H3/p+1/b10-8-,16-14-,22-20-,28-26-,33-32-. The molecule has 0 saturated heterocycles. The highest BCUT2D eigenvalue weighted by Crippen LogP contribution is 2.19. The van der Waals surface area contributed by atoms with E-state index in [4.69, 9.17) is 18.9 Å². The van der Waals surface area contributed by atoms with Crippen molar-refractivity contribution >= 4 is 17.9 Å². The molecule has 9 heteroatoms. The van der Waals surface area contributed by atoms with Crippen molar-refractivity contribution in [1.29, 1.82) is 0 Å². The first-order valence-corrected chi connectivity index (χ1v) is 36.0. The van der Waals surface area contributed by atoms with Crippen LogP contribution in [0.1, 0.15) is 341 Å². The van der Waals surface area contributed by atoms with E-state index in [0.717, 1.165) is 70.6 Å². The monoisotopic (exact) mass is 1180 g/mol. The average molecular weight is 1180 g/mol. The number of nitrogens with zero attached hydrogens (tertiary/aromatic N) is 1. The Balaban J connectivity index is 4.04. The molecule has 0 fully saturated rings. The third kappa shape index (κ3) is 66.5. The average Bonchev–Trinajstić information content (AvgIpc) is 3.55.